The minimum Gasteiger partial charge on any atom is -0.368 e. The van der Waals surface area contributed by atoms with Gasteiger partial charge in [-0.1, -0.05) is 12.1 Å². The van der Waals surface area contributed by atoms with E-state index in [0.717, 1.165) is 30.8 Å². The van der Waals surface area contributed by atoms with Crippen LogP contribution >= 0.6 is 0 Å². The summed E-state index contributed by atoms with van der Waals surface area (Å²) >= 11 is 0. The van der Waals surface area contributed by atoms with Gasteiger partial charge in [0, 0.05) is 31.0 Å². The largest absolute Gasteiger partial charge is 0.368 e. The number of anilines is 1. The van der Waals surface area contributed by atoms with Crippen LogP contribution in [0.25, 0.3) is 0 Å². The Kier molecular flexibility index (Phi) is 4.02. The normalized spacial score (nSPS) is 20.7. The summed E-state index contributed by atoms with van der Waals surface area (Å²) in [6.07, 6.45) is 3.43. The number of pyridine rings is 1. The third kappa shape index (κ3) is 3.04. The molecular formula is C16H21N5O2. The smallest absolute Gasteiger partial charge is 0.254 e. The Morgan fingerprint density at radius 2 is 2.35 bits per heavy atom. The van der Waals surface area contributed by atoms with Gasteiger partial charge in [0.1, 0.15) is 5.54 Å². The Morgan fingerprint density at radius 3 is 3.00 bits per heavy atom. The number of rotatable bonds is 4. The van der Waals surface area contributed by atoms with Crippen molar-refractivity contribution in [1.82, 2.24) is 20.4 Å². The highest BCUT2D eigenvalue weighted by Gasteiger charge is 2.45. The fraction of sp³-hybridized carbons (Fsp3) is 0.500. The number of aromatic nitrogens is 3. The molecule has 1 amide bonds. The minimum absolute atomic E-state index is 0.105. The van der Waals surface area contributed by atoms with E-state index in [9.17, 15) is 4.79 Å². The molecule has 0 bridgehead atoms. The highest BCUT2D eigenvalue weighted by Crippen LogP contribution is 2.34. The van der Waals surface area contributed by atoms with Crippen LogP contribution in [0.5, 0.6) is 0 Å². The van der Waals surface area contributed by atoms with Gasteiger partial charge in [-0.2, -0.15) is 4.98 Å². The van der Waals surface area contributed by atoms with Gasteiger partial charge in [0.25, 0.3) is 5.89 Å². The molecule has 1 aliphatic heterocycles. The molecule has 1 saturated heterocycles. The van der Waals surface area contributed by atoms with Gasteiger partial charge in [0.2, 0.25) is 5.91 Å². The van der Waals surface area contributed by atoms with Crippen molar-refractivity contribution in [2.75, 3.05) is 18.0 Å². The molecule has 0 saturated carbocycles. The number of nitrogens with one attached hydrogen (secondary N) is 1. The van der Waals surface area contributed by atoms with Gasteiger partial charge in [0.05, 0.1) is 6.54 Å². The van der Waals surface area contributed by atoms with Gasteiger partial charge in [0.15, 0.2) is 5.82 Å². The fourth-order valence-corrected chi connectivity index (χ4v) is 3.04. The molecule has 7 heteroatoms. The van der Waals surface area contributed by atoms with Crippen LogP contribution in [0.15, 0.2) is 22.9 Å². The summed E-state index contributed by atoms with van der Waals surface area (Å²) in [7, 11) is 0. The highest BCUT2D eigenvalue weighted by atomic mass is 16.5. The Balaban J connectivity index is 1.90. The third-order valence-electron chi connectivity index (χ3n) is 4.15. The lowest BCUT2D eigenvalue weighted by Crippen LogP contribution is -2.47. The van der Waals surface area contributed by atoms with Crippen LogP contribution < -0.4 is 10.2 Å². The van der Waals surface area contributed by atoms with Gasteiger partial charge < -0.3 is 14.7 Å². The molecule has 2 aromatic rings. The summed E-state index contributed by atoms with van der Waals surface area (Å²) in [4.78, 5) is 22.6. The summed E-state index contributed by atoms with van der Waals surface area (Å²) in [5.41, 5.74) is 1.51. The molecule has 7 nitrogen and oxygen atoms in total. The predicted molar refractivity (Wildman–Crippen MR) is 85.0 cm³/mol. The van der Waals surface area contributed by atoms with E-state index in [2.05, 4.69) is 38.3 Å². The fourth-order valence-electron chi connectivity index (χ4n) is 3.04. The van der Waals surface area contributed by atoms with E-state index in [4.69, 9.17) is 4.52 Å². The standard InChI is InChI=1S/C16H21N5O2/c1-4-13-9-14(5-7-17-13)21-8-6-16(10-21,19-12(3)22)15-18-11(2)20-23-15/h5,7,9H,4,6,8,10H2,1-3H3,(H,19,22). The number of aryl methyl sites for hydroxylation is 2. The van der Waals surface area contributed by atoms with Crippen LogP contribution in [0, 0.1) is 6.92 Å². The highest BCUT2D eigenvalue weighted by molar-refractivity contribution is 5.74. The summed E-state index contributed by atoms with van der Waals surface area (Å²) in [5.74, 6) is 0.935. The molecule has 0 aromatic carbocycles. The maximum Gasteiger partial charge on any atom is 0.254 e. The van der Waals surface area contributed by atoms with E-state index in [1.807, 2.05) is 12.3 Å². The number of hydrogen-bond acceptors (Lipinski definition) is 6. The Labute approximate surface area is 135 Å². The average Bonchev–Trinajstić information content (AvgIpc) is 3.14. The molecule has 3 heterocycles. The molecule has 0 spiro atoms. The van der Waals surface area contributed by atoms with Crippen molar-refractivity contribution in [2.24, 2.45) is 0 Å². The Morgan fingerprint density at radius 1 is 1.52 bits per heavy atom. The quantitative estimate of drug-likeness (QED) is 0.922. The van der Waals surface area contributed by atoms with Crippen molar-refractivity contribution in [2.45, 2.75) is 39.2 Å². The lowest BCUT2D eigenvalue weighted by atomic mass is 9.98. The molecule has 1 atom stereocenters. The van der Waals surface area contributed by atoms with Crippen molar-refractivity contribution in [3.05, 3.63) is 35.7 Å². The van der Waals surface area contributed by atoms with Crippen LogP contribution in [0.3, 0.4) is 0 Å². The molecule has 1 unspecified atom stereocenters. The van der Waals surface area contributed by atoms with Gasteiger partial charge >= 0.3 is 0 Å². The van der Waals surface area contributed by atoms with Crippen molar-refractivity contribution in [3.8, 4) is 0 Å². The average molecular weight is 315 g/mol. The van der Waals surface area contributed by atoms with Crippen LogP contribution in [0.1, 0.15) is 37.7 Å². The second-order valence-electron chi connectivity index (χ2n) is 5.94. The molecule has 1 fully saturated rings. The maximum absolute atomic E-state index is 11.7. The molecular weight excluding hydrogens is 294 g/mol. The zero-order chi connectivity index (χ0) is 16.4. The Hall–Kier alpha value is -2.44. The van der Waals surface area contributed by atoms with Crippen LogP contribution in [0.2, 0.25) is 0 Å². The summed E-state index contributed by atoms with van der Waals surface area (Å²) in [5, 5.41) is 6.89. The third-order valence-corrected chi connectivity index (χ3v) is 4.15. The van der Waals surface area contributed by atoms with Gasteiger partial charge in [-0.15, -0.1) is 0 Å². The van der Waals surface area contributed by atoms with E-state index < -0.39 is 5.54 Å². The molecule has 122 valence electrons. The topological polar surface area (TPSA) is 84.2 Å². The zero-order valence-electron chi connectivity index (χ0n) is 13.7. The molecule has 1 aliphatic rings. The molecule has 3 rings (SSSR count). The van der Waals surface area contributed by atoms with Crippen molar-refractivity contribution >= 4 is 11.6 Å². The van der Waals surface area contributed by atoms with Gasteiger partial charge in [-0.05, 0) is 31.9 Å². The lowest BCUT2D eigenvalue weighted by Gasteiger charge is -2.27. The number of nitrogens with zero attached hydrogens (tertiary/aromatic N) is 4. The van der Waals surface area contributed by atoms with Crippen molar-refractivity contribution in [3.63, 3.8) is 0 Å². The minimum atomic E-state index is -0.636. The maximum atomic E-state index is 11.7. The predicted octanol–water partition coefficient (Wildman–Crippen LogP) is 1.58. The zero-order valence-corrected chi connectivity index (χ0v) is 13.7. The molecule has 0 radical (unpaired) electrons. The Bertz CT molecular complexity index is 714. The molecule has 0 aliphatic carbocycles. The second-order valence-corrected chi connectivity index (χ2v) is 5.94. The monoisotopic (exact) mass is 315 g/mol. The van der Waals surface area contributed by atoms with Crippen LogP contribution in [-0.2, 0) is 16.8 Å². The lowest BCUT2D eigenvalue weighted by molar-refractivity contribution is -0.121. The van der Waals surface area contributed by atoms with E-state index in [-0.39, 0.29) is 5.91 Å². The van der Waals surface area contributed by atoms with Crippen molar-refractivity contribution < 1.29 is 9.32 Å². The second kappa shape index (κ2) is 5.98. The van der Waals surface area contributed by atoms with E-state index >= 15 is 0 Å². The van der Waals surface area contributed by atoms with Gasteiger partial charge in [-0.25, -0.2) is 0 Å². The van der Waals surface area contributed by atoms with E-state index in [0.29, 0.717) is 18.3 Å². The number of carbonyl (C=O) groups excluding carboxylic acids is 1. The van der Waals surface area contributed by atoms with Crippen LogP contribution in [-0.4, -0.2) is 34.1 Å². The molecule has 1 N–H and O–H groups in total. The first kappa shape index (κ1) is 15.5. The van der Waals surface area contributed by atoms with Crippen molar-refractivity contribution in [1.29, 1.82) is 0 Å². The molecule has 2 aromatic heterocycles. The number of hydrogen-bond donors (Lipinski definition) is 1. The van der Waals surface area contributed by atoms with E-state index in [1.54, 1.807) is 6.92 Å². The first-order valence-electron chi connectivity index (χ1n) is 7.82. The summed E-state index contributed by atoms with van der Waals surface area (Å²) < 4.78 is 5.37. The van der Waals surface area contributed by atoms with Crippen LogP contribution in [0.4, 0.5) is 5.69 Å². The summed E-state index contributed by atoms with van der Waals surface area (Å²) in [6, 6.07) is 4.07. The first-order valence-corrected chi connectivity index (χ1v) is 7.82. The van der Waals surface area contributed by atoms with Gasteiger partial charge in [-0.3, -0.25) is 9.78 Å². The molecule has 23 heavy (non-hydrogen) atoms. The number of carbonyl (C=O) groups is 1. The summed E-state index contributed by atoms with van der Waals surface area (Å²) in [6.45, 7) is 6.77. The number of amides is 1. The first-order chi connectivity index (χ1) is 11.0. The SMILES string of the molecule is CCc1cc(N2CCC(NC(C)=O)(c3nc(C)no3)C2)ccn1. The van der Waals surface area contributed by atoms with E-state index in [1.165, 1.54) is 6.92 Å².